The Morgan fingerprint density at radius 2 is 1.77 bits per heavy atom. The van der Waals surface area contributed by atoms with Crippen LogP contribution in [0.2, 0.25) is 0 Å². The molecule has 1 aliphatic rings. The SMILES string of the molecule is CC(=NNC(=O)[C@@]1(C)NC(C)(C)Cc2ccccc21)c1ccc(Br)cc1. The van der Waals surface area contributed by atoms with Gasteiger partial charge in [0.15, 0.2) is 0 Å². The molecule has 26 heavy (non-hydrogen) atoms. The molecule has 0 aromatic heterocycles. The normalized spacial score (nSPS) is 21.8. The minimum atomic E-state index is -0.832. The van der Waals surface area contributed by atoms with E-state index in [-0.39, 0.29) is 11.4 Å². The summed E-state index contributed by atoms with van der Waals surface area (Å²) in [6.45, 7) is 8.04. The number of rotatable bonds is 3. The lowest BCUT2D eigenvalue weighted by molar-refractivity contribution is -0.128. The number of hydrazone groups is 1. The van der Waals surface area contributed by atoms with E-state index in [1.54, 1.807) is 0 Å². The van der Waals surface area contributed by atoms with Gasteiger partial charge in [-0.3, -0.25) is 10.1 Å². The molecule has 2 N–H and O–H groups in total. The summed E-state index contributed by atoms with van der Waals surface area (Å²) < 4.78 is 1.01. The number of carbonyl (C=O) groups excluding carboxylic acids is 1. The number of benzene rings is 2. The van der Waals surface area contributed by atoms with Gasteiger partial charge in [-0.25, -0.2) is 5.43 Å². The third-order valence-electron chi connectivity index (χ3n) is 4.82. The Labute approximate surface area is 163 Å². The van der Waals surface area contributed by atoms with Crippen LogP contribution in [-0.2, 0) is 16.8 Å². The van der Waals surface area contributed by atoms with E-state index in [1.165, 1.54) is 5.56 Å². The van der Waals surface area contributed by atoms with Gasteiger partial charge in [-0.05, 0) is 62.9 Å². The number of hydrogen-bond acceptors (Lipinski definition) is 3. The molecular weight excluding hydrogens is 390 g/mol. The third-order valence-corrected chi connectivity index (χ3v) is 5.35. The highest BCUT2D eigenvalue weighted by Gasteiger charge is 2.44. The fraction of sp³-hybridized carbons (Fsp3) is 0.333. The zero-order chi connectivity index (χ0) is 18.9. The van der Waals surface area contributed by atoms with Crippen LogP contribution in [0, 0.1) is 0 Å². The molecule has 0 unspecified atom stereocenters. The van der Waals surface area contributed by atoms with E-state index in [1.807, 2.05) is 56.3 Å². The second kappa shape index (κ2) is 6.97. The Morgan fingerprint density at radius 3 is 2.46 bits per heavy atom. The summed E-state index contributed by atoms with van der Waals surface area (Å²) in [7, 11) is 0. The maximum atomic E-state index is 13.1. The van der Waals surface area contributed by atoms with E-state index in [4.69, 9.17) is 0 Å². The first-order valence-corrected chi connectivity index (χ1v) is 9.49. The highest BCUT2D eigenvalue weighted by molar-refractivity contribution is 9.10. The summed E-state index contributed by atoms with van der Waals surface area (Å²) in [5, 5.41) is 7.84. The average molecular weight is 414 g/mol. The van der Waals surface area contributed by atoms with Crippen LogP contribution in [0.25, 0.3) is 0 Å². The molecule has 2 aromatic carbocycles. The number of amides is 1. The van der Waals surface area contributed by atoms with Crippen LogP contribution >= 0.6 is 15.9 Å². The summed E-state index contributed by atoms with van der Waals surface area (Å²) >= 11 is 3.42. The molecule has 5 heteroatoms. The zero-order valence-corrected chi connectivity index (χ0v) is 17.1. The van der Waals surface area contributed by atoms with Crippen LogP contribution in [0.1, 0.15) is 44.4 Å². The molecule has 1 heterocycles. The Kier molecular flexibility index (Phi) is 5.04. The highest BCUT2D eigenvalue weighted by atomic mass is 79.9. The van der Waals surface area contributed by atoms with Gasteiger partial charge in [0, 0.05) is 10.0 Å². The fourth-order valence-electron chi connectivity index (χ4n) is 3.61. The number of nitrogens with one attached hydrogen (secondary N) is 2. The fourth-order valence-corrected chi connectivity index (χ4v) is 3.87. The second-order valence-corrected chi connectivity index (χ2v) is 8.53. The molecule has 0 saturated carbocycles. The van der Waals surface area contributed by atoms with Crippen LogP contribution in [0.4, 0.5) is 0 Å². The van der Waals surface area contributed by atoms with Gasteiger partial charge in [0.25, 0.3) is 5.91 Å². The van der Waals surface area contributed by atoms with E-state index in [9.17, 15) is 4.79 Å². The topological polar surface area (TPSA) is 53.5 Å². The molecule has 2 aromatic rings. The van der Waals surface area contributed by atoms with Crippen molar-refractivity contribution in [2.75, 3.05) is 0 Å². The molecule has 0 radical (unpaired) electrons. The largest absolute Gasteiger partial charge is 0.294 e. The number of hydrogen-bond donors (Lipinski definition) is 2. The van der Waals surface area contributed by atoms with Crippen molar-refractivity contribution in [1.29, 1.82) is 0 Å². The van der Waals surface area contributed by atoms with Crippen LogP contribution in [0.15, 0.2) is 58.1 Å². The molecule has 136 valence electrons. The van der Waals surface area contributed by atoms with E-state index in [2.05, 4.69) is 51.7 Å². The Hall–Kier alpha value is -1.98. The lowest BCUT2D eigenvalue weighted by Gasteiger charge is -2.44. The predicted molar refractivity (Wildman–Crippen MR) is 109 cm³/mol. The summed E-state index contributed by atoms with van der Waals surface area (Å²) in [5.41, 5.74) is 5.69. The van der Waals surface area contributed by atoms with Crippen molar-refractivity contribution >= 4 is 27.5 Å². The lowest BCUT2D eigenvalue weighted by Crippen LogP contribution is -2.62. The molecule has 0 fully saturated rings. The number of carbonyl (C=O) groups is 1. The second-order valence-electron chi connectivity index (χ2n) is 7.61. The molecule has 1 atom stereocenters. The average Bonchev–Trinajstić information content (AvgIpc) is 2.59. The number of fused-ring (bicyclic) bond motifs is 1. The molecule has 4 nitrogen and oxygen atoms in total. The Bertz CT molecular complexity index is 858. The van der Waals surface area contributed by atoms with Crippen molar-refractivity contribution in [1.82, 2.24) is 10.7 Å². The smallest absolute Gasteiger partial charge is 0.264 e. The first-order valence-electron chi connectivity index (χ1n) is 8.70. The Balaban J connectivity index is 1.87. The van der Waals surface area contributed by atoms with Crippen LogP contribution in [-0.4, -0.2) is 17.2 Å². The predicted octanol–water partition coefficient (Wildman–Crippen LogP) is 4.13. The standard InChI is InChI=1S/C21H24BrN3O/c1-14(15-9-11-17(22)12-10-15)23-24-19(26)21(4)18-8-6-5-7-16(18)13-20(2,3)25-21/h5-12,25H,13H2,1-4H3,(H,24,26)/t21-/m0/s1. The van der Waals surface area contributed by atoms with E-state index < -0.39 is 5.54 Å². The van der Waals surface area contributed by atoms with Crippen molar-refractivity contribution in [3.05, 3.63) is 69.7 Å². The lowest BCUT2D eigenvalue weighted by atomic mass is 9.76. The maximum Gasteiger partial charge on any atom is 0.264 e. The van der Waals surface area contributed by atoms with Crippen molar-refractivity contribution < 1.29 is 4.79 Å². The summed E-state index contributed by atoms with van der Waals surface area (Å²) in [6, 6.07) is 16.0. The van der Waals surface area contributed by atoms with Crippen LogP contribution < -0.4 is 10.7 Å². The minimum Gasteiger partial charge on any atom is -0.294 e. The first kappa shape index (κ1) is 18.8. The van der Waals surface area contributed by atoms with Crippen molar-refractivity contribution in [3.8, 4) is 0 Å². The van der Waals surface area contributed by atoms with Crippen molar-refractivity contribution in [3.63, 3.8) is 0 Å². The van der Waals surface area contributed by atoms with Gasteiger partial charge in [-0.15, -0.1) is 0 Å². The molecule has 0 bridgehead atoms. The van der Waals surface area contributed by atoms with Gasteiger partial charge < -0.3 is 0 Å². The third kappa shape index (κ3) is 3.74. The molecule has 1 amide bonds. The van der Waals surface area contributed by atoms with Crippen molar-refractivity contribution in [2.24, 2.45) is 5.10 Å². The molecule has 1 aliphatic heterocycles. The monoisotopic (exact) mass is 413 g/mol. The van der Waals surface area contributed by atoms with E-state index in [0.29, 0.717) is 0 Å². The van der Waals surface area contributed by atoms with Crippen LogP contribution in [0.5, 0.6) is 0 Å². The van der Waals surface area contributed by atoms with Gasteiger partial charge in [-0.2, -0.15) is 5.10 Å². The van der Waals surface area contributed by atoms with E-state index >= 15 is 0 Å². The molecule has 0 aliphatic carbocycles. The molecule has 0 saturated heterocycles. The summed E-state index contributed by atoms with van der Waals surface area (Å²) in [5.74, 6) is -0.158. The van der Waals surface area contributed by atoms with Gasteiger partial charge in [0.1, 0.15) is 5.54 Å². The van der Waals surface area contributed by atoms with Gasteiger partial charge in [0.2, 0.25) is 0 Å². The molecule has 0 spiro atoms. The van der Waals surface area contributed by atoms with Crippen molar-refractivity contribution in [2.45, 2.75) is 45.2 Å². The summed E-state index contributed by atoms with van der Waals surface area (Å²) in [4.78, 5) is 13.1. The Morgan fingerprint density at radius 1 is 1.12 bits per heavy atom. The first-order chi connectivity index (χ1) is 12.2. The highest BCUT2D eigenvalue weighted by Crippen LogP contribution is 2.34. The number of nitrogens with zero attached hydrogens (tertiary/aromatic N) is 1. The number of halogens is 1. The zero-order valence-electron chi connectivity index (χ0n) is 15.6. The maximum absolute atomic E-state index is 13.1. The molecule has 3 rings (SSSR count). The summed E-state index contributed by atoms with van der Waals surface area (Å²) in [6.07, 6.45) is 0.882. The minimum absolute atomic E-state index is 0.158. The van der Waals surface area contributed by atoms with Crippen LogP contribution in [0.3, 0.4) is 0 Å². The quantitative estimate of drug-likeness (QED) is 0.586. The van der Waals surface area contributed by atoms with E-state index in [0.717, 1.165) is 27.7 Å². The van der Waals surface area contributed by atoms with Gasteiger partial charge in [-0.1, -0.05) is 52.3 Å². The molecular formula is C21H24BrN3O. The van der Waals surface area contributed by atoms with Gasteiger partial charge >= 0.3 is 0 Å². The van der Waals surface area contributed by atoms with Gasteiger partial charge in [0.05, 0.1) is 5.71 Å².